The van der Waals surface area contributed by atoms with Gasteiger partial charge in [-0.2, -0.15) is 0 Å². The lowest BCUT2D eigenvalue weighted by molar-refractivity contribution is 0.0642. The molecule has 2 rings (SSSR count). The molecule has 1 heterocycles. The summed E-state index contributed by atoms with van der Waals surface area (Å²) in [7, 11) is 0. The van der Waals surface area contributed by atoms with Crippen LogP contribution in [-0.2, 0) is 0 Å². The molecule has 1 fully saturated rings. The van der Waals surface area contributed by atoms with Crippen LogP contribution < -0.4 is 0 Å². The largest absolute Gasteiger partial charge is 0.336 e. The van der Waals surface area contributed by atoms with Gasteiger partial charge in [0.25, 0.3) is 5.91 Å². The van der Waals surface area contributed by atoms with E-state index in [1.54, 1.807) is 0 Å². The predicted octanol–water partition coefficient (Wildman–Crippen LogP) is 2.54. The molecule has 1 aliphatic heterocycles. The maximum Gasteiger partial charge on any atom is 0.254 e. The normalized spacial score (nSPS) is 16.9. The molecule has 1 aromatic rings. The minimum absolute atomic E-state index is 0.157. The first-order valence-corrected chi connectivity index (χ1v) is 7.19. The average Bonchev–Trinajstić information content (AvgIpc) is 2.41. The van der Waals surface area contributed by atoms with E-state index < -0.39 is 0 Å². The molecule has 3 nitrogen and oxygen atoms in total. The number of likely N-dealkylation sites (N-methyl/N-ethyl adjacent to an activating group) is 1. The van der Waals surface area contributed by atoms with Crippen LogP contribution in [0.15, 0.2) is 22.7 Å². The standard InChI is InChI=1S/C14H19BrN2O/c1-3-16-7-9-17(10-8-16)14(18)12-5-4-6-13(15)11(12)2/h4-6H,3,7-10H2,1-2H3. The Morgan fingerprint density at radius 2 is 1.94 bits per heavy atom. The Bertz CT molecular complexity index is 439. The van der Waals surface area contributed by atoms with E-state index in [0.29, 0.717) is 0 Å². The van der Waals surface area contributed by atoms with Gasteiger partial charge in [0.1, 0.15) is 0 Å². The Morgan fingerprint density at radius 3 is 2.56 bits per heavy atom. The zero-order chi connectivity index (χ0) is 13.1. The Kier molecular flexibility index (Phi) is 4.40. The third-order valence-corrected chi connectivity index (χ3v) is 4.46. The van der Waals surface area contributed by atoms with Crippen molar-refractivity contribution in [1.82, 2.24) is 9.80 Å². The number of piperazine rings is 1. The molecule has 0 bridgehead atoms. The van der Waals surface area contributed by atoms with Crippen molar-refractivity contribution in [2.75, 3.05) is 32.7 Å². The molecule has 0 radical (unpaired) electrons. The van der Waals surface area contributed by atoms with Gasteiger partial charge in [0.15, 0.2) is 0 Å². The molecule has 1 aliphatic rings. The summed E-state index contributed by atoms with van der Waals surface area (Å²) in [5, 5.41) is 0. The fourth-order valence-electron chi connectivity index (χ4n) is 2.28. The van der Waals surface area contributed by atoms with Gasteiger partial charge in [0, 0.05) is 36.2 Å². The highest BCUT2D eigenvalue weighted by Gasteiger charge is 2.22. The Hall–Kier alpha value is -0.870. The predicted molar refractivity (Wildman–Crippen MR) is 76.9 cm³/mol. The molecule has 1 amide bonds. The third kappa shape index (κ3) is 2.75. The van der Waals surface area contributed by atoms with E-state index in [9.17, 15) is 4.79 Å². The van der Waals surface area contributed by atoms with Crippen LogP contribution in [0.25, 0.3) is 0 Å². The topological polar surface area (TPSA) is 23.6 Å². The fraction of sp³-hybridized carbons (Fsp3) is 0.500. The average molecular weight is 311 g/mol. The van der Waals surface area contributed by atoms with Gasteiger partial charge in [-0.1, -0.05) is 28.9 Å². The van der Waals surface area contributed by atoms with Crippen LogP contribution in [0.5, 0.6) is 0 Å². The number of rotatable bonds is 2. The highest BCUT2D eigenvalue weighted by atomic mass is 79.9. The number of hydrogen-bond donors (Lipinski definition) is 0. The number of nitrogens with zero attached hydrogens (tertiary/aromatic N) is 2. The fourth-order valence-corrected chi connectivity index (χ4v) is 2.64. The van der Waals surface area contributed by atoms with Crippen molar-refractivity contribution < 1.29 is 4.79 Å². The zero-order valence-corrected chi connectivity index (χ0v) is 12.5. The van der Waals surface area contributed by atoms with Gasteiger partial charge in [-0.25, -0.2) is 0 Å². The van der Waals surface area contributed by atoms with Gasteiger partial charge in [0.05, 0.1) is 0 Å². The van der Waals surface area contributed by atoms with Crippen molar-refractivity contribution in [2.45, 2.75) is 13.8 Å². The van der Waals surface area contributed by atoms with Gasteiger partial charge in [-0.15, -0.1) is 0 Å². The van der Waals surface area contributed by atoms with Crippen LogP contribution in [-0.4, -0.2) is 48.4 Å². The summed E-state index contributed by atoms with van der Waals surface area (Å²) in [5.41, 5.74) is 1.84. The lowest BCUT2D eigenvalue weighted by Crippen LogP contribution is -2.48. The first kappa shape index (κ1) is 13.6. The second-order valence-corrected chi connectivity index (χ2v) is 5.49. The van der Waals surface area contributed by atoms with Gasteiger partial charge < -0.3 is 9.80 Å². The lowest BCUT2D eigenvalue weighted by atomic mass is 10.1. The highest BCUT2D eigenvalue weighted by Crippen LogP contribution is 2.21. The van der Waals surface area contributed by atoms with Crippen molar-refractivity contribution in [2.24, 2.45) is 0 Å². The van der Waals surface area contributed by atoms with Crippen LogP contribution in [0.4, 0.5) is 0 Å². The molecule has 0 aromatic heterocycles. The lowest BCUT2D eigenvalue weighted by Gasteiger charge is -2.34. The summed E-state index contributed by atoms with van der Waals surface area (Å²) < 4.78 is 1.00. The summed E-state index contributed by atoms with van der Waals surface area (Å²) in [6.07, 6.45) is 0. The van der Waals surface area contributed by atoms with E-state index in [1.807, 2.05) is 30.0 Å². The molecule has 98 valence electrons. The monoisotopic (exact) mass is 310 g/mol. The summed E-state index contributed by atoms with van der Waals surface area (Å²) in [6.45, 7) is 8.84. The molecule has 4 heteroatoms. The summed E-state index contributed by atoms with van der Waals surface area (Å²) >= 11 is 3.48. The molecule has 0 atom stereocenters. The van der Waals surface area contributed by atoms with E-state index in [1.165, 1.54) is 0 Å². The zero-order valence-electron chi connectivity index (χ0n) is 10.9. The summed E-state index contributed by atoms with van der Waals surface area (Å²) in [4.78, 5) is 16.8. The van der Waals surface area contributed by atoms with Crippen molar-refractivity contribution in [3.63, 3.8) is 0 Å². The van der Waals surface area contributed by atoms with Crippen molar-refractivity contribution in [3.8, 4) is 0 Å². The number of carbonyl (C=O) groups excluding carboxylic acids is 1. The van der Waals surface area contributed by atoms with Crippen LogP contribution >= 0.6 is 15.9 Å². The minimum Gasteiger partial charge on any atom is -0.336 e. The Labute approximate surface area is 117 Å². The highest BCUT2D eigenvalue weighted by molar-refractivity contribution is 9.10. The van der Waals surface area contributed by atoms with E-state index in [-0.39, 0.29) is 5.91 Å². The summed E-state index contributed by atoms with van der Waals surface area (Å²) in [5.74, 6) is 0.157. The first-order chi connectivity index (χ1) is 8.63. The first-order valence-electron chi connectivity index (χ1n) is 6.40. The molecular weight excluding hydrogens is 292 g/mol. The van der Waals surface area contributed by atoms with E-state index in [0.717, 1.165) is 48.3 Å². The number of benzene rings is 1. The Morgan fingerprint density at radius 1 is 1.28 bits per heavy atom. The molecular formula is C14H19BrN2O. The summed E-state index contributed by atoms with van der Waals surface area (Å²) in [6, 6.07) is 5.81. The van der Waals surface area contributed by atoms with Crippen molar-refractivity contribution in [3.05, 3.63) is 33.8 Å². The van der Waals surface area contributed by atoms with Gasteiger partial charge in [-0.3, -0.25) is 4.79 Å². The van der Waals surface area contributed by atoms with Crippen molar-refractivity contribution in [1.29, 1.82) is 0 Å². The number of carbonyl (C=O) groups is 1. The van der Waals surface area contributed by atoms with E-state index in [4.69, 9.17) is 0 Å². The van der Waals surface area contributed by atoms with Crippen LogP contribution in [0.3, 0.4) is 0 Å². The van der Waals surface area contributed by atoms with Crippen LogP contribution in [0, 0.1) is 6.92 Å². The van der Waals surface area contributed by atoms with Crippen LogP contribution in [0.2, 0.25) is 0 Å². The number of halogens is 1. The second-order valence-electron chi connectivity index (χ2n) is 4.64. The van der Waals surface area contributed by atoms with E-state index in [2.05, 4.69) is 27.8 Å². The molecule has 18 heavy (non-hydrogen) atoms. The molecule has 0 aliphatic carbocycles. The minimum atomic E-state index is 0.157. The smallest absolute Gasteiger partial charge is 0.254 e. The van der Waals surface area contributed by atoms with Gasteiger partial charge in [-0.05, 0) is 31.2 Å². The van der Waals surface area contributed by atoms with Crippen molar-refractivity contribution >= 4 is 21.8 Å². The molecule has 0 N–H and O–H groups in total. The quantitative estimate of drug-likeness (QED) is 0.838. The molecule has 1 aromatic carbocycles. The molecule has 1 saturated heterocycles. The van der Waals surface area contributed by atoms with Gasteiger partial charge >= 0.3 is 0 Å². The molecule has 0 spiro atoms. The molecule has 0 saturated carbocycles. The SMILES string of the molecule is CCN1CCN(C(=O)c2cccc(Br)c2C)CC1. The van der Waals surface area contributed by atoms with E-state index >= 15 is 0 Å². The number of hydrogen-bond acceptors (Lipinski definition) is 2. The maximum atomic E-state index is 12.5. The second kappa shape index (κ2) is 5.85. The Balaban J connectivity index is 2.10. The molecule has 0 unspecified atom stereocenters. The maximum absolute atomic E-state index is 12.5. The van der Waals surface area contributed by atoms with Gasteiger partial charge in [0.2, 0.25) is 0 Å². The number of amides is 1. The van der Waals surface area contributed by atoms with Crippen LogP contribution in [0.1, 0.15) is 22.8 Å². The third-order valence-electron chi connectivity index (χ3n) is 3.60.